The number of esters is 1. The maximum Gasteiger partial charge on any atom is 0.373 e. The van der Waals surface area contributed by atoms with Crippen molar-refractivity contribution in [1.29, 1.82) is 0 Å². The minimum Gasteiger partial charge on any atom is -0.507 e. The zero-order chi connectivity index (χ0) is 68.7. The third kappa shape index (κ3) is 19.4. The van der Waals surface area contributed by atoms with E-state index in [0.717, 1.165) is 110 Å². The van der Waals surface area contributed by atoms with Crippen LogP contribution in [0.3, 0.4) is 0 Å². The van der Waals surface area contributed by atoms with Gasteiger partial charge < -0.3 is 33.9 Å². The highest BCUT2D eigenvalue weighted by Gasteiger charge is 2.19. The summed E-state index contributed by atoms with van der Waals surface area (Å²) in [4.78, 5) is 48.4. The molecule has 12 aromatic rings. The van der Waals surface area contributed by atoms with E-state index in [1.54, 1.807) is 90.1 Å². The Morgan fingerprint density at radius 2 is 1.09 bits per heavy atom. The van der Waals surface area contributed by atoms with Crippen molar-refractivity contribution in [2.24, 2.45) is 46.8 Å². The van der Waals surface area contributed by atoms with Gasteiger partial charge in [0.05, 0.1) is 31.1 Å². The molecule has 8 heterocycles. The fourth-order valence-corrected chi connectivity index (χ4v) is 15.0. The van der Waals surface area contributed by atoms with Gasteiger partial charge >= 0.3 is 30.3 Å². The molecular weight excluding hydrogens is 1380 g/mol. The molecule has 492 valence electrons. The van der Waals surface area contributed by atoms with Gasteiger partial charge in [0, 0.05) is 49.6 Å². The van der Waals surface area contributed by atoms with Crippen LogP contribution in [-0.4, -0.2) is 100 Å². The monoisotopic (exact) mass is 1440 g/mol. The minimum absolute atomic E-state index is 0.113. The number of benzene rings is 4. The molecule has 0 amide bonds. The number of carbonyl (C=O) groups excluding carboxylic acids is 5. The highest BCUT2D eigenvalue weighted by Crippen LogP contribution is 2.45. The van der Waals surface area contributed by atoms with Crippen LogP contribution in [0.5, 0.6) is 17.2 Å². The Hall–Kier alpha value is -9.39. The normalized spacial score (nSPS) is 11.1. The number of aryl methyl sites for hydroxylation is 6. The van der Waals surface area contributed by atoms with E-state index in [4.69, 9.17) is 38.6 Å². The molecule has 8 aromatic heterocycles. The van der Waals surface area contributed by atoms with Crippen LogP contribution in [0.25, 0.3) is 40.3 Å². The molecule has 0 unspecified atom stereocenters. The fourth-order valence-electron chi connectivity index (χ4n) is 8.28. The summed E-state index contributed by atoms with van der Waals surface area (Å²) in [5.74, 6) is 7.85. The number of hydrogen-bond acceptors (Lipinski definition) is 37. The summed E-state index contributed by atoms with van der Waals surface area (Å²) in [6.45, 7) is 16.1. The number of ether oxygens (including phenoxy) is 1. The van der Waals surface area contributed by atoms with E-state index in [9.17, 15) is 20.1 Å². The van der Waals surface area contributed by atoms with Crippen LogP contribution in [0.1, 0.15) is 75.9 Å². The lowest BCUT2D eigenvalue weighted by molar-refractivity contribution is -0.193. The van der Waals surface area contributed by atoms with Crippen molar-refractivity contribution >= 4 is 201 Å². The number of thioether (sulfide) groups is 2. The molecule has 0 radical (unpaired) electrons. The molecule has 0 atom stereocenters. The van der Waals surface area contributed by atoms with E-state index in [1.807, 2.05) is 78.1 Å². The molecule has 37 heteroatoms. The Morgan fingerprint density at radius 1 is 0.579 bits per heavy atom. The second-order valence-corrected chi connectivity index (χ2v) is 27.9. The molecule has 29 nitrogen and oxygen atoms in total. The maximum atomic E-state index is 12.1. The van der Waals surface area contributed by atoms with Gasteiger partial charge in [0.15, 0.2) is 8.68 Å². The van der Waals surface area contributed by atoms with E-state index >= 15 is 0 Å². The van der Waals surface area contributed by atoms with Crippen LogP contribution in [-0.2, 0) is 43.2 Å². The van der Waals surface area contributed by atoms with Crippen molar-refractivity contribution in [3.8, 4) is 17.2 Å². The highest BCUT2D eigenvalue weighted by molar-refractivity contribution is 8.01. The number of hydrazine groups is 1. The van der Waals surface area contributed by atoms with Gasteiger partial charge in [-0.1, -0.05) is 94.3 Å². The fraction of sp³-hybridized carbons (Fsp3) is 0.259. The SMILES string of the molecule is CCOC(=O)c1cc2c(N(C)N)ccc(N=Nc3nnc(SC)s3)c2s1.CCSc1nnc(N=Nc2c(CC)cc(O)c3cc(C)sc23)s1.CCc1cc(O)c2cc(C)sc2c1N=Nc1nnco1.CCc1nnc(N=Nc2ccc(O)c3cc(C)sc23)o1.O=C=O.O=C=O. The van der Waals surface area contributed by atoms with Crippen molar-refractivity contribution < 1.29 is 52.9 Å². The summed E-state index contributed by atoms with van der Waals surface area (Å²) in [5, 5.41) is 100. The van der Waals surface area contributed by atoms with Gasteiger partial charge in [-0.05, 0) is 124 Å². The molecule has 5 N–H and O–H groups in total. The lowest BCUT2D eigenvalue weighted by Gasteiger charge is -2.13. The molecule has 0 fully saturated rings. The number of phenolic OH excluding ortho intramolecular Hbond substituents is 3. The van der Waals surface area contributed by atoms with E-state index in [1.165, 1.54) is 57.2 Å². The second kappa shape index (κ2) is 35.8. The molecule has 0 saturated carbocycles. The van der Waals surface area contributed by atoms with Crippen LogP contribution >= 0.6 is 91.5 Å². The van der Waals surface area contributed by atoms with Crippen LogP contribution in [0.15, 0.2) is 125 Å². The molecule has 0 saturated heterocycles. The maximum absolute atomic E-state index is 12.1. The zero-order valence-corrected chi connectivity index (χ0v) is 58.5. The van der Waals surface area contributed by atoms with Gasteiger partial charge in [-0.2, -0.15) is 19.2 Å². The number of aromatic nitrogens is 8. The summed E-state index contributed by atoms with van der Waals surface area (Å²) in [6, 6.07) is 18.4. The number of hydrogen-bond donors (Lipinski definition) is 4. The summed E-state index contributed by atoms with van der Waals surface area (Å²) in [6.07, 6.45) is 5.82. The third-order valence-corrected chi connectivity index (χ3v) is 20.2. The smallest absolute Gasteiger partial charge is 0.373 e. The predicted molar refractivity (Wildman–Crippen MR) is 366 cm³/mol. The Kier molecular flexibility index (Phi) is 27.5. The number of azo groups is 4. The number of thiophene rings is 4. The van der Waals surface area contributed by atoms with Crippen molar-refractivity contribution in [2.75, 3.05) is 30.7 Å². The van der Waals surface area contributed by atoms with E-state index in [0.29, 0.717) is 51.2 Å². The number of nitrogens with zero attached hydrogens (tertiary/aromatic N) is 17. The number of fused-ring (bicyclic) bond motifs is 4. The largest absolute Gasteiger partial charge is 0.507 e. The molecule has 0 spiro atoms. The summed E-state index contributed by atoms with van der Waals surface area (Å²) < 4.78 is 20.6. The van der Waals surface area contributed by atoms with Gasteiger partial charge in [-0.15, -0.1) is 107 Å². The van der Waals surface area contributed by atoms with E-state index in [2.05, 4.69) is 88.6 Å². The summed E-state index contributed by atoms with van der Waals surface area (Å²) in [5.41, 5.74) is 5.56. The molecule has 4 aromatic carbocycles. The Balaban J connectivity index is 0.000000175. The molecule has 12 rings (SSSR count). The number of nitrogens with two attached hydrogens (primary N) is 1. The standard InChI is InChI=1S/C15H16N6O2S3.C15H16N4OS3.2C13H12N4O2S.2CO2/c1-4-23-13(22)11-7-8-10(21(2)16)6-5-9(12(8)25-11)17-18-14-19-20-15(24-3)26-14;1-4-9-7-11(20)10-6-8(3)22-13(10)12(9)16-17-14-18-19-15(23-14)21-5-2;1-3-8-5-10(18)9-4-7(2)20-12(9)11(8)15-17-13-16-14-6-19-13;1-3-11-15-17-13(19-11)16-14-9-4-5-10(18)8-6-7(2)20-12(8)9;2*2-1-3/h5-7H,4,16H2,1-3H3;6-7,20H,4-5H2,1-3H3;2*4-6,18H,3H2,1-2H3;;. The first-order valence-corrected chi connectivity index (χ1v) is 35.0. The van der Waals surface area contributed by atoms with Crippen molar-refractivity contribution in [3.05, 3.63) is 104 Å². The average Bonchev–Trinajstić information content (AvgIpc) is 1.71. The zero-order valence-electron chi connectivity index (χ0n) is 51.9. The third-order valence-electron chi connectivity index (χ3n) is 12.2. The number of carbonyl (C=O) groups is 1. The molecule has 0 aliphatic carbocycles. The molecule has 95 heavy (non-hydrogen) atoms. The lowest BCUT2D eigenvalue weighted by atomic mass is 10.1. The molecular formula is C58H56N18O11S8. The molecule has 0 bridgehead atoms. The average molecular weight is 1440 g/mol. The Labute approximate surface area is 572 Å². The number of aromatic hydroxyl groups is 3. The highest BCUT2D eigenvalue weighted by atomic mass is 32.2. The number of rotatable bonds is 17. The molecule has 0 aliphatic heterocycles. The number of anilines is 1. The Morgan fingerprint density at radius 3 is 1.61 bits per heavy atom. The quantitative estimate of drug-likeness (QED) is 0.0216. The van der Waals surface area contributed by atoms with Crippen LogP contribution in [0, 0.1) is 20.8 Å². The van der Waals surface area contributed by atoms with Crippen LogP contribution < -0.4 is 10.9 Å². The van der Waals surface area contributed by atoms with E-state index < -0.39 is 0 Å². The van der Waals surface area contributed by atoms with Gasteiger partial charge in [0.2, 0.25) is 12.3 Å². The molecule has 0 aliphatic rings. The van der Waals surface area contributed by atoms with Gasteiger partial charge in [-0.25, -0.2) is 10.6 Å². The minimum atomic E-state index is -0.365. The van der Waals surface area contributed by atoms with Crippen molar-refractivity contribution in [2.45, 2.75) is 83.3 Å². The van der Waals surface area contributed by atoms with Crippen molar-refractivity contribution in [3.63, 3.8) is 0 Å². The number of phenols is 3. The Bertz CT molecular complexity index is 4750. The van der Waals surface area contributed by atoms with Crippen LogP contribution in [0.4, 0.5) is 50.7 Å². The van der Waals surface area contributed by atoms with E-state index in [-0.39, 0.29) is 41.8 Å². The van der Waals surface area contributed by atoms with Gasteiger partial charge in [0.1, 0.15) is 44.9 Å². The summed E-state index contributed by atoms with van der Waals surface area (Å²) in [7, 11) is 1.74. The van der Waals surface area contributed by atoms with Gasteiger partial charge in [-0.3, -0.25) is 0 Å². The van der Waals surface area contributed by atoms with Crippen molar-refractivity contribution in [1.82, 2.24) is 40.8 Å². The second-order valence-electron chi connectivity index (χ2n) is 18.6. The van der Waals surface area contributed by atoms with Crippen LogP contribution in [0.2, 0.25) is 0 Å². The first kappa shape index (κ1) is 73.0. The lowest BCUT2D eigenvalue weighted by Crippen LogP contribution is -2.24. The predicted octanol–water partition coefficient (Wildman–Crippen LogP) is 17.6. The summed E-state index contributed by atoms with van der Waals surface area (Å²) >= 11 is 12.0. The van der Waals surface area contributed by atoms with Gasteiger partial charge in [0.25, 0.3) is 10.3 Å². The first-order valence-electron chi connectivity index (χ1n) is 27.9. The topological polar surface area (TPSA) is 413 Å². The first-order chi connectivity index (χ1) is 45.8.